The largest absolute Gasteiger partial charge is 1.00 e. The predicted molar refractivity (Wildman–Crippen MR) is 67.2 cm³/mol. The molecule has 1 aliphatic heterocycles. The van der Waals surface area contributed by atoms with Gasteiger partial charge in [0.2, 0.25) is 5.69 Å². The van der Waals surface area contributed by atoms with Gasteiger partial charge in [0, 0.05) is 18.6 Å². The van der Waals surface area contributed by atoms with Crippen LogP contribution in [0.25, 0.3) is 0 Å². The fourth-order valence-electron chi connectivity index (χ4n) is 2.45. The summed E-state index contributed by atoms with van der Waals surface area (Å²) in [6, 6.07) is 8.23. The number of aliphatic carboxylic acids is 1. The van der Waals surface area contributed by atoms with Crippen molar-refractivity contribution in [3.8, 4) is 0 Å². The molecule has 2 rings (SSSR count). The Labute approximate surface area is 118 Å². The van der Waals surface area contributed by atoms with Gasteiger partial charge in [0.1, 0.15) is 6.42 Å². The van der Waals surface area contributed by atoms with Crippen LogP contribution >= 0.6 is 0 Å². The summed E-state index contributed by atoms with van der Waals surface area (Å²) in [6.45, 7) is 6.99. The molecule has 0 atom stereocenters. The third-order valence-corrected chi connectivity index (χ3v) is 3.73. The van der Waals surface area contributed by atoms with E-state index in [1.807, 2.05) is 12.1 Å². The number of nitrogens with zero attached hydrogens (tertiary/aromatic N) is 1. The van der Waals surface area contributed by atoms with Gasteiger partial charge in [-0.05, 0) is 13.8 Å². The summed E-state index contributed by atoms with van der Waals surface area (Å²) < 4.78 is 2.13. The number of carboxylic acids is 1. The molecule has 0 unspecified atom stereocenters. The van der Waals surface area contributed by atoms with Crippen LogP contribution in [-0.2, 0) is 10.2 Å². The van der Waals surface area contributed by atoms with Gasteiger partial charge in [0.25, 0.3) is 0 Å². The molecule has 0 amide bonds. The van der Waals surface area contributed by atoms with E-state index in [1.54, 1.807) is 0 Å². The fourth-order valence-corrected chi connectivity index (χ4v) is 2.45. The molecule has 98 valence electrons. The maximum Gasteiger partial charge on any atom is 0.309 e. The molecule has 0 spiro atoms. The highest BCUT2D eigenvalue weighted by Gasteiger charge is 2.42. The van der Waals surface area contributed by atoms with Gasteiger partial charge in [-0.3, -0.25) is 4.79 Å². The lowest BCUT2D eigenvalue weighted by atomic mass is 9.82. The van der Waals surface area contributed by atoms with Crippen molar-refractivity contribution in [1.82, 2.24) is 0 Å². The molecule has 0 saturated heterocycles. The van der Waals surface area contributed by atoms with Crippen molar-refractivity contribution in [3.63, 3.8) is 0 Å². The topological polar surface area (TPSA) is 40.3 Å². The zero-order valence-corrected chi connectivity index (χ0v) is 12.5. The molecule has 18 heavy (non-hydrogen) atoms. The van der Waals surface area contributed by atoms with E-state index in [0.717, 1.165) is 5.69 Å². The van der Waals surface area contributed by atoms with Crippen molar-refractivity contribution in [2.24, 2.45) is 0 Å². The Morgan fingerprint density at radius 1 is 1.33 bits per heavy atom. The van der Waals surface area contributed by atoms with E-state index in [4.69, 9.17) is 5.11 Å². The highest BCUT2D eigenvalue weighted by molar-refractivity contribution is 5.93. The van der Waals surface area contributed by atoms with Crippen molar-refractivity contribution in [3.05, 3.63) is 29.8 Å². The summed E-state index contributed by atoms with van der Waals surface area (Å²) >= 11 is 0. The van der Waals surface area contributed by atoms with Crippen molar-refractivity contribution in [2.45, 2.75) is 32.6 Å². The van der Waals surface area contributed by atoms with E-state index in [1.165, 1.54) is 11.3 Å². The molecule has 1 N–H and O–H groups in total. The third kappa shape index (κ3) is 2.34. The molecule has 4 heteroatoms. The Kier molecular flexibility index (Phi) is 4.32. The molecule has 0 aromatic heterocycles. The molecular weight excluding hydrogens is 294 g/mol. The van der Waals surface area contributed by atoms with Gasteiger partial charge in [-0.2, -0.15) is 4.58 Å². The molecule has 1 aromatic rings. The monoisotopic (exact) mass is 311 g/mol. The number of carboxylic acid groups (broad SMARTS) is 1. The lowest BCUT2D eigenvalue weighted by Gasteiger charge is -2.14. The highest BCUT2D eigenvalue weighted by atomic mass is 79.9. The van der Waals surface area contributed by atoms with Crippen molar-refractivity contribution >= 4 is 17.4 Å². The second kappa shape index (κ2) is 5.22. The first-order valence-corrected chi connectivity index (χ1v) is 5.87. The second-order valence-electron chi connectivity index (χ2n) is 5.02. The lowest BCUT2D eigenvalue weighted by molar-refractivity contribution is -0.438. The minimum absolute atomic E-state index is 0. The number of rotatable bonds is 3. The van der Waals surface area contributed by atoms with E-state index in [2.05, 4.69) is 37.5 Å². The van der Waals surface area contributed by atoms with Crippen LogP contribution < -0.4 is 17.0 Å². The minimum Gasteiger partial charge on any atom is -1.00 e. The molecule has 0 saturated carbocycles. The van der Waals surface area contributed by atoms with E-state index < -0.39 is 5.97 Å². The van der Waals surface area contributed by atoms with E-state index in [-0.39, 0.29) is 28.8 Å². The number of benzene rings is 1. The number of hydrogen-bond acceptors (Lipinski definition) is 1. The molecule has 1 heterocycles. The minimum atomic E-state index is -0.750. The Morgan fingerprint density at radius 2 is 1.94 bits per heavy atom. The van der Waals surface area contributed by atoms with Crippen molar-refractivity contribution in [2.75, 3.05) is 6.54 Å². The van der Waals surface area contributed by atoms with Crippen LogP contribution in [0, 0.1) is 0 Å². The van der Waals surface area contributed by atoms with Gasteiger partial charge in [0.05, 0.1) is 5.41 Å². The van der Waals surface area contributed by atoms with Gasteiger partial charge in [-0.25, -0.2) is 0 Å². The lowest BCUT2D eigenvalue weighted by Crippen LogP contribution is -3.00. The standard InChI is InChI=1S/C14H17NO2.BrH/c1-10-14(2,3)11-6-4-5-7-12(11)15(10)9-8-13(16)17;/h4-7H,8-9H2,1-3H3;1H. The summed E-state index contributed by atoms with van der Waals surface area (Å²) in [5, 5.41) is 8.80. The molecule has 0 aliphatic carbocycles. The first kappa shape index (κ1) is 14.9. The predicted octanol–water partition coefficient (Wildman–Crippen LogP) is -0.439. The zero-order chi connectivity index (χ0) is 12.6. The molecule has 0 fully saturated rings. The second-order valence-corrected chi connectivity index (χ2v) is 5.02. The quantitative estimate of drug-likeness (QED) is 0.769. The van der Waals surface area contributed by atoms with Gasteiger partial charge >= 0.3 is 5.97 Å². The highest BCUT2D eigenvalue weighted by Crippen LogP contribution is 2.39. The third-order valence-electron chi connectivity index (χ3n) is 3.73. The summed E-state index contributed by atoms with van der Waals surface area (Å²) in [5.74, 6) is -0.750. The summed E-state index contributed by atoms with van der Waals surface area (Å²) in [4.78, 5) is 10.7. The van der Waals surface area contributed by atoms with Gasteiger partial charge < -0.3 is 22.1 Å². The van der Waals surface area contributed by atoms with Crippen LogP contribution in [0.15, 0.2) is 24.3 Å². The van der Waals surface area contributed by atoms with Crippen LogP contribution in [0.2, 0.25) is 0 Å². The van der Waals surface area contributed by atoms with Crippen molar-refractivity contribution < 1.29 is 31.5 Å². The first-order chi connectivity index (χ1) is 7.94. The maximum atomic E-state index is 10.7. The van der Waals surface area contributed by atoms with Gasteiger partial charge in [0.15, 0.2) is 12.3 Å². The normalized spacial score (nSPS) is 16.2. The molecule has 0 radical (unpaired) electrons. The molecule has 1 aliphatic rings. The summed E-state index contributed by atoms with van der Waals surface area (Å²) in [7, 11) is 0. The number of halogens is 1. The average Bonchev–Trinajstić information content (AvgIpc) is 2.47. The average molecular weight is 312 g/mol. The smallest absolute Gasteiger partial charge is 0.309 e. The van der Waals surface area contributed by atoms with E-state index in [9.17, 15) is 4.79 Å². The molecular formula is C14H18BrNO2. The van der Waals surface area contributed by atoms with Crippen LogP contribution in [0.1, 0.15) is 32.8 Å². The van der Waals surface area contributed by atoms with Crippen LogP contribution in [0.5, 0.6) is 0 Å². The SMILES string of the molecule is CC1=[N+](CCC(=O)O)c2ccccc2C1(C)C.[Br-]. The number of fused-ring (bicyclic) bond motifs is 1. The Morgan fingerprint density at radius 3 is 2.56 bits per heavy atom. The van der Waals surface area contributed by atoms with Crippen molar-refractivity contribution in [1.29, 1.82) is 0 Å². The number of carbonyl (C=O) groups is 1. The molecule has 1 aromatic carbocycles. The van der Waals surface area contributed by atoms with Crippen LogP contribution in [-0.4, -0.2) is 27.9 Å². The van der Waals surface area contributed by atoms with E-state index >= 15 is 0 Å². The maximum absolute atomic E-state index is 10.7. The summed E-state index contributed by atoms with van der Waals surface area (Å²) in [5.41, 5.74) is 3.65. The van der Waals surface area contributed by atoms with Gasteiger partial charge in [-0.15, -0.1) is 0 Å². The number of hydrogen-bond donors (Lipinski definition) is 1. The van der Waals surface area contributed by atoms with E-state index in [0.29, 0.717) is 6.54 Å². The molecule has 3 nitrogen and oxygen atoms in total. The fraction of sp³-hybridized carbons (Fsp3) is 0.429. The Hall–Kier alpha value is -1.16. The number of para-hydroxylation sites is 1. The van der Waals surface area contributed by atoms with Crippen LogP contribution in [0.3, 0.4) is 0 Å². The molecule has 0 bridgehead atoms. The summed E-state index contributed by atoms with van der Waals surface area (Å²) in [6.07, 6.45) is 0.168. The Balaban J connectivity index is 0.00000162. The Bertz CT molecular complexity index is 506. The van der Waals surface area contributed by atoms with Crippen LogP contribution in [0.4, 0.5) is 5.69 Å². The first-order valence-electron chi connectivity index (χ1n) is 5.87. The zero-order valence-electron chi connectivity index (χ0n) is 10.9. The van der Waals surface area contributed by atoms with Gasteiger partial charge in [-0.1, -0.05) is 18.2 Å².